The molecular formula is C12H12N2O4S. The summed E-state index contributed by atoms with van der Waals surface area (Å²) in [4.78, 5) is 33.7. The number of nitrogens with one attached hydrogen (secondary N) is 2. The van der Waals surface area contributed by atoms with E-state index in [1.165, 1.54) is 0 Å². The molecule has 1 heterocycles. The minimum Gasteiger partial charge on any atom is -0.481 e. The third-order valence-electron chi connectivity index (χ3n) is 2.61. The van der Waals surface area contributed by atoms with Gasteiger partial charge in [-0.2, -0.15) is 0 Å². The molecule has 0 spiro atoms. The second-order valence-electron chi connectivity index (χ2n) is 4.01. The number of thioether (sulfide) groups is 1. The van der Waals surface area contributed by atoms with Crippen LogP contribution in [-0.2, 0) is 16.0 Å². The fourth-order valence-electron chi connectivity index (χ4n) is 1.71. The molecule has 0 bridgehead atoms. The number of para-hydroxylation sites is 1. The molecule has 1 fully saturated rings. The Bertz CT molecular complexity index is 532. The largest absolute Gasteiger partial charge is 0.481 e. The van der Waals surface area contributed by atoms with Crippen LogP contribution in [0.25, 0.3) is 0 Å². The van der Waals surface area contributed by atoms with E-state index in [1.54, 1.807) is 24.3 Å². The fraction of sp³-hybridized carbons (Fsp3) is 0.250. The van der Waals surface area contributed by atoms with Crippen molar-refractivity contribution in [3.63, 3.8) is 0 Å². The van der Waals surface area contributed by atoms with E-state index in [0.717, 1.165) is 11.8 Å². The van der Waals surface area contributed by atoms with Crippen LogP contribution < -0.4 is 10.6 Å². The van der Waals surface area contributed by atoms with Crippen molar-refractivity contribution in [3.05, 3.63) is 29.8 Å². The topological polar surface area (TPSA) is 95.5 Å². The maximum Gasteiger partial charge on any atom is 0.307 e. The zero-order chi connectivity index (χ0) is 13.8. The highest BCUT2D eigenvalue weighted by Gasteiger charge is 2.28. The van der Waals surface area contributed by atoms with Gasteiger partial charge >= 0.3 is 5.97 Å². The molecule has 100 valence electrons. The van der Waals surface area contributed by atoms with Gasteiger partial charge in [0, 0.05) is 11.4 Å². The molecule has 1 aliphatic rings. The van der Waals surface area contributed by atoms with Gasteiger partial charge in [0.15, 0.2) is 0 Å². The molecule has 1 aliphatic heterocycles. The number of aliphatic carboxylic acids is 1. The summed E-state index contributed by atoms with van der Waals surface area (Å²) in [7, 11) is 0. The van der Waals surface area contributed by atoms with Gasteiger partial charge in [-0.05, 0) is 11.6 Å². The maximum atomic E-state index is 11.9. The molecular weight excluding hydrogens is 268 g/mol. The second-order valence-corrected chi connectivity index (χ2v) is 5.01. The molecule has 19 heavy (non-hydrogen) atoms. The molecule has 1 aromatic carbocycles. The van der Waals surface area contributed by atoms with Crippen LogP contribution in [0.4, 0.5) is 10.5 Å². The summed E-state index contributed by atoms with van der Waals surface area (Å²) in [5.74, 6) is -0.922. The highest BCUT2D eigenvalue weighted by Crippen LogP contribution is 2.18. The van der Waals surface area contributed by atoms with E-state index in [1.807, 2.05) is 0 Å². The first kappa shape index (κ1) is 13.4. The predicted molar refractivity (Wildman–Crippen MR) is 71.2 cm³/mol. The summed E-state index contributed by atoms with van der Waals surface area (Å²) in [6.07, 6.45) is -0.164. The minimum absolute atomic E-state index is 0.164. The Morgan fingerprint density at radius 2 is 2.16 bits per heavy atom. The van der Waals surface area contributed by atoms with Gasteiger partial charge in [0.25, 0.3) is 5.24 Å². The monoisotopic (exact) mass is 280 g/mol. The lowest BCUT2D eigenvalue weighted by Gasteiger charge is -2.13. The SMILES string of the molecule is O=C(O)Cc1ccccc1NC(=O)[C@@H]1CSC(=O)N1. The first-order chi connectivity index (χ1) is 9.06. The minimum atomic E-state index is -0.966. The molecule has 0 aliphatic carbocycles. The summed E-state index contributed by atoms with van der Waals surface area (Å²) in [6, 6.07) is 6.13. The third-order valence-corrected chi connectivity index (χ3v) is 3.49. The molecule has 0 unspecified atom stereocenters. The van der Waals surface area contributed by atoms with Gasteiger partial charge in [-0.3, -0.25) is 14.4 Å². The molecule has 3 N–H and O–H groups in total. The predicted octanol–water partition coefficient (Wildman–Crippen LogP) is 1.08. The van der Waals surface area contributed by atoms with Crippen molar-refractivity contribution >= 4 is 34.6 Å². The highest BCUT2D eigenvalue weighted by molar-refractivity contribution is 8.14. The normalized spacial score (nSPS) is 17.9. The van der Waals surface area contributed by atoms with Gasteiger partial charge in [-0.1, -0.05) is 30.0 Å². The van der Waals surface area contributed by atoms with Crippen LogP contribution in [0.15, 0.2) is 24.3 Å². The molecule has 1 saturated heterocycles. The lowest BCUT2D eigenvalue weighted by molar-refractivity contribution is -0.136. The molecule has 6 nitrogen and oxygen atoms in total. The zero-order valence-electron chi connectivity index (χ0n) is 9.88. The smallest absolute Gasteiger partial charge is 0.307 e. The first-order valence-electron chi connectivity index (χ1n) is 5.60. The summed E-state index contributed by atoms with van der Waals surface area (Å²) in [5, 5.41) is 13.8. The fourth-order valence-corrected chi connectivity index (χ4v) is 2.48. The molecule has 0 radical (unpaired) electrons. The summed E-state index contributed by atoms with van der Waals surface area (Å²) < 4.78 is 0. The van der Waals surface area contributed by atoms with E-state index in [9.17, 15) is 14.4 Å². The van der Waals surface area contributed by atoms with Crippen molar-refractivity contribution < 1.29 is 19.5 Å². The average Bonchev–Trinajstić information content (AvgIpc) is 2.78. The van der Waals surface area contributed by atoms with Crippen molar-refractivity contribution in [2.45, 2.75) is 12.5 Å². The Hall–Kier alpha value is -2.02. The van der Waals surface area contributed by atoms with Crippen molar-refractivity contribution in [1.82, 2.24) is 5.32 Å². The van der Waals surface area contributed by atoms with Crippen LogP contribution in [0.3, 0.4) is 0 Å². The van der Waals surface area contributed by atoms with Gasteiger partial charge < -0.3 is 15.7 Å². The van der Waals surface area contributed by atoms with Crippen molar-refractivity contribution in [3.8, 4) is 0 Å². The van der Waals surface area contributed by atoms with Gasteiger partial charge in [0.2, 0.25) is 5.91 Å². The van der Waals surface area contributed by atoms with E-state index < -0.39 is 12.0 Å². The van der Waals surface area contributed by atoms with E-state index in [0.29, 0.717) is 17.0 Å². The zero-order valence-corrected chi connectivity index (χ0v) is 10.7. The van der Waals surface area contributed by atoms with E-state index in [2.05, 4.69) is 10.6 Å². The molecule has 0 saturated carbocycles. The van der Waals surface area contributed by atoms with Crippen LogP contribution in [-0.4, -0.2) is 34.0 Å². The highest BCUT2D eigenvalue weighted by atomic mass is 32.2. The van der Waals surface area contributed by atoms with Crippen molar-refractivity contribution in [2.75, 3.05) is 11.1 Å². The van der Waals surface area contributed by atoms with Crippen LogP contribution >= 0.6 is 11.8 Å². The standard InChI is InChI=1S/C12H12N2O4S/c15-10(16)5-7-3-1-2-4-8(7)13-11(17)9-6-19-12(18)14-9/h1-4,9H,5-6H2,(H,13,17)(H,14,18)(H,15,16)/t9-/m0/s1. The Labute approximate surface area is 113 Å². The van der Waals surface area contributed by atoms with Crippen molar-refractivity contribution in [1.29, 1.82) is 0 Å². The van der Waals surface area contributed by atoms with Crippen LogP contribution in [0.5, 0.6) is 0 Å². The Morgan fingerprint density at radius 3 is 2.79 bits per heavy atom. The summed E-state index contributed by atoms with van der Waals surface area (Å²) in [6.45, 7) is 0. The number of hydrogen-bond acceptors (Lipinski definition) is 4. The molecule has 2 amide bonds. The molecule has 7 heteroatoms. The first-order valence-corrected chi connectivity index (χ1v) is 6.58. The molecule has 2 rings (SSSR count). The number of carbonyl (C=O) groups is 3. The number of rotatable bonds is 4. The van der Waals surface area contributed by atoms with Crippen LogP contribution in [0, 0.1) is 0 Å². The number of anilines is 1. The number of carboxylic acid groups (broad SMARTS) is 1. The summed E-state index contributed by atoms with van der Waals surface area (Å²) in [5.41, 5.74) is 0.987. The molecule has 1 aromatic rings. The van der Waals surface area contributed by atoms with E-state index in [4.69, 9.17) is 5.11 Å². The number of amides is 2. The van der Waals surface area contributed by atoms with Crippen LogP contribution in [0.2, 0.25) is 0 Å². The number of carboxylic acids is 1. The lowest BCUT2D eigenvalue weighted by atomic mass is 10.1. The molecule has 0 aromatic heterocycles. The quantitative estimate of drug-likeness (QED) is 0.767. The third kappa shape index (κ3) is 3.47. The second kappa shape index (κ2) is 5.75. The van der Waals surface area contributed by atoms with E-state index >= 15 is 0 Å². The maximum absolute atomic E-state index is 11.9. The Balaban J connectivity index is 2.08. The lowest BCUT2D eigenvalue weighted by Crippen LogP contribution is -2.38. The van der Waals surface area contributed by atoms with E-state index in [-0.39, 0.29) is 17.6 Å². The summed E-state index contributed by atoms with van der Waals surface area (Å²) >= 11 is 1.05. The molecule has 1 atom stereocenters. The van der Waals surface area contributed by atoms with Crippen LogP contribution in [0.1, 0.15) is 5.56 Å². The Kier molecular flexibility index (Phi) is 4.06. The van der Waals surface area contributed by atoms with Gasteiger partial charge in [0.05, 0.1) is 6.42 Å². The van der Waals surface area contributed by atoms with Gasteiger partial charge in [-0.15, -0.1) is 0 Å². The number of benzene rings is 1. The number of carbonyl (C=O) groups excluding carboxylic acids is 2. The van der Waals surface area contributed by atoms with Gasteiger partial charge in [0.1, 0.15) is 6.04 Å². The average molecular weight is 280 g/mol. The van der Waals surface area contributed by atoms with Gasteiger partial charge in [-0.25, -0.2) is 0 Å². The Morgan fingerprint density at radius 1 is 1.42 bits per heavy atom. The number of hydrogen-bond donors (Lipinski definition) is 3. The van der Waals surface area contributed by atoms with Crippen molar-refractivity contribution in [2.24, 2.45) is 0 Å².